The molecule has 0 saturated carbocycles. The summed E-state index contributed by atoms with van der Waals surface area (Å²) in [6.07, 6.45) is 0.0654. The normalized spacial score (nSPS) is 11.9. The summed E-state index contributed by atoms with van der Waals surface area (Å²) in [6, 6.07) is 6.18. The maximum atomic E-state index is 11.7. The number of carbonyl (C=O) groups is 2. The number of hydrogen-bond acceptors (Lipinski definition) is 4. The van der Waals surface area contributed by atoms with Gasteiger partial charge in [-0.15, -0.1) is 0 Å². The molecule has 1 aromatic rings. The number of ether oxygens (including phenoxy) is 1. The van der Waals surface area contributed by atoms with Gasteiger partial charge in [-0.05, 0) is 11.6 Å². The third-order valence-corrected chi connectivity index (χ3v) is 2.32. The average Bonchev–Trinajstić information content (AvgIpc) is 2.31. The van der Waals surface area contributed by atoms with E-state index in [0.29, 0.717) is 11.3 Å². The number of para-hydroxylation sites is 1. The molecule has 1 atom stereocenters. The molecule has 0 fully saturated rings. The molecule has 1 unspecified atom stereocenters. The van der Waals surface area contributed by atoms with Crippen molar-refractivity contribution in [2.24, 2.45) is 11.5 Å². The Kier molecular flexibility index (Phi) is 5.29. The number of carbonyl (C=O) groups excluding carboxylic acids is 2. The van der Waals surface area contributed by atoms with Crippen molar-refractivity contribution < 1.29 is 14.3 Å². The highest BCUT2D eigenvalue weighted by atomic mass is 16.5. The van der Waals surface area contributed by atoms with Crippen molar-refractivity contribution in [2.75, 3.05) is 19.0 Å². The summed E-state index contributed by atoms with van der Waals surface area (Å²) >= 11 is 0. The monoisotopic (exact) mass is 251 g/mol. The molecule has 0 aliphatic rings. The SMILES string of the molecule is COCC(N)C(=O)Nc1ccccc1CC(N)=O. The fraction of sp³-hybridized carbons (Fsp3) is 0.333. The molecule has 0 bridgehead atoms. The van der Waals surface area contributed by atoms with E-state index in [-0.39, 0.29) is 18.9 Å². The average molecular weight is 251 g/mol. The fourth-order valence-corrected chi connectivity index (χ4v) is 1.46. The quantitative estimate of drug-likeness (QED) is 0.641. The molecule has 5 N–H and O–H groups in total. The first-order chi connectivity index (χ1) is 8.54. The molecule has 0 aliphatic carbocycles. The van der Waals surface area contributed by atoms with Crippen LogP contribution in [-0.2, 0) is 20.7 Å². The smallest absolute Gasteiger partial charge is 0.243 e. The lowest BCUT2D eigenvalue weighted by Crippen LogP contribution is -2.39. The van der Waals surface area contributed by atoms with Gasteiger partial charge in [0.2, 0.25) is 11.8 Å². The Balaban J connectivity index is 2.77. The largest absolute Gasteiger partial charge is 0.383 e. The first-order valence-electron chi connectivity index (χ1n) is 5.46. The number of rotatable bonds is 6. The van der Waals surface area contributed by atoms with Gasteiger partial charge in [0.15, 0.2) is 0 Å². The van der Waals surface area contributed by atoms with Crippen LogP contribution >= 0.6 is 0 Å². The van der Waals surface area contributed by atoms with Crippen LogP contribution in [0.1, 0.15) is 5.56 Å². The number of primary amides is 1. The topological polar surface area (TPSA) is 107 Å². The van der Waals surface area contributed by atoms with Crippen molar-refractivity contribution in [3.63, 3.8) is 0 Å². The summed E-state index contributed by atoms with van der Waals surface area (Å²) in [5.41, 5.74) is 11.9. The lowest BCUT2D eigenvalue weighted by molar-refractivity contribution is -0.119. The van der Waals surface area contributed by atoms with Crippen LogP contribution < -0.4 is 16.8 Å². The number of nitrogens with one attached hydrogen (secondary N) is 1. The van der Waals surface area contributed by atoms with Crippen molar-refractivity contribution in [1.29, 1.82) is 0 Å². The molecule has 1 aromatic carbocycles. The van der Waals surface area contributed by atoms with Crippen molar-refractivity contribution in [3.05, 3.63) is 29.8 Å². The van der Waals surface area contributed by atoms with Crippen LogP contribution in [0.25, 0.3) is 0 Å². The fourth-order valence-electron chi connectivity index (χ4n) is 1.46. The van der Waals surface area contributed by atoms with E-state index in [1.807, 2.05) is 0 Å². The third kappa shape index (κ3) is 4.15. The summed E-state index contributed by atoms with van der Waals surface area (Å²) in [6.45, 7) is 0.129. The van der Waals surface area contributed by atoms with E-state index in [0.717, 1.165) is 0 Å². The van der Waals surface area contributed by atoms with Crippen LogP contribution in [-0.4, -0.2) is 31.6 Å². The van der Waals surface area contributed by atoms with Gasteiger partial charge in [0, 0.05) is 12.8 Å². The lowest BCUT2D eigenvalue weighted by Gasteiger charge is -2.13. The predicted molar refractivity (Wildman–Crippen MR) is 67.8 cm³/mol. The summed E-state index contributed by atoms with van der Waals surface area (Å²) < 4.78 is 4.80. The van der Waals surface area contributed by atoms with E-state index in [2.05, 4.69) is 5.32 Å². The van der Waals surface area contributed by atoms with Gasteiger partial charge in [0.25, 0.3) is 0 Å². The van der Waals surface area contributed by atoms with Gasteiger partial charge in [-0.3, -0.25) is 9.59 Å². The minimum Gasteiger partial charge on any atom is -0.383 e. The van der Waals surface area contributed by atoms with E-state index >= 15 is 0 Å². The number of nitrogens with two attached hydrogens (primary N) is 2. The van der Waals surface area contributed by atoms with Gasteiger partial charge >= 0.3 is 0 Å². The second kappa shape index (κ2) is 6.73. The Morgan fingerprint density at radius 3 is 2.67 bits per heavy atom. The van der Waals surface area contributed by atoms with Gasteiger partial charge in [0.05, 0.1) is 13.0 Å². The van der Waals surface area contributed by atoms with Gasteiger partial charge in [-0.1, -0.05) is 18.2 Å². The molecule has 18 heavy (non-hydrogen) atoms. The lowest BCUT2D eigenvalue weighted by atomic mass is 10.1. The van der Waals surface area contributed by atoms with Crippen molar-refractivity contribution in [3.8, 4) is 0 Å². The zero-order valence-electron chi connectivity index (χ0n) is 10.2. The number of hydrogen-bond donors (Lipinski definition) is 3. The third-order valence-electron chi connectivity index (χ3n) is 2.32. The van der Waals surface area contributed by atoms with E-state index in [4.69, 9.17) is 16.2 Å². The molecule has 0 spiro atoms. The maximum absolute atomic E-state index is 11.7. The number of methoxy groups -OCH3 is 1. The van der Waals surface area contributed by atoms with Gasteiger partial charge in [0.1, 0.15) is 6.04 Å². The molecule has 6 heteroatoms. The van der Waals surface area contributed by atoms with Crippen LogP contribution in [0, 0.1) is 0 Å². The standard InChI is InChI=1S/C12H17N3O3/c1-18-7-9(13)12(17)15-10-5-3-2-4-8(10)6-11(14)16/h2-5,9H,6-7,13H2,1H3,(H2,14,16)(H,15,17). The van der Waals surface area contributed by atoms with Crippen LogP contribution in [0.5, 0.6) is 0 Å². The Bertz CT molecular complexity index is 434. The first-order valence-corrected chi connectivity index (χ1v) is 5.46. The zero-order valence-corrected chi connectivity index (χ0v) is 10.2. The Hall–Kier alpha value is -1.92. The summed E-state index contributed by atoms with van der Waals surface area (Å²) in [5, 5.41) is 2.65. The highest BCUT2D eigenvalue weighted by Gasteiger charge is 2.15. The first kappa shape index (κ1) is 14.1. The van der Waals surface area contributed by atoms with Crippen LogP contribution in [0.2, 0.25) is 0 Å². The molecule has 2 amide bonds. The predicted octanol–water partition coefficient (Wildman–Crippen LogP) is -0.373. The Morgan fingerprint density at radius 2 is 2.06 bits per heavy atom. The summed E-state index contributed by atoms with van der Waals surface area (Å²) in [5.74, 6) is -0.827. The number of benzene rings is 1. The Morgan fingerprint density at radius 1 is 1.39 bits per heavy atom. The molecular formula is C12H17N3O3. The summed E-state index contributed by atoms with van der Waals surface area (Å²) in [4.78, 5) is 22.6. The van der Waals surface area contributed by atoms with Crippen LogP contribution in [0.15, 0.2) is 24.3 Å². The minimum atomic E-state index is -0.753. The Labute approximate surface area is 105 Å². The molecule has 0 aliphatic heterocycles. The molecule has 6 nitrogen and oxygen atoms in total. The molecule has 0 aromatic heterocycles. The van der Waals surface area contributed by atoms with Crippen LogP contribution in [0.3, 0.4) is 0 Å². The second-order valence-electron chi connectivity index (χ2n) is 3.85. The van der Waals surface area contributed by atoms with E-state index < -0.39 is 11.9 Å². The molecule has 0 saturated heterocycles. The molecule has 0 radical (unpaired) electrons. The number of amides is 2. The number of anilines is 1. The minimum absolute atomic E-state index is 0.0654. The highest BCUT2D eigenvalue weighted by molar-refractivity contribution is 5.96. The van der Waals surface area contributed by atoms with E-state index in [9.17, 15) is 9.59 Å². The molecular weight excluding hydrogens is 234 g/mol. The van der Waals surface area contributed by atoms with Gasteiger partial charge in [-0.2, -0.15) is 0 Å². The zero-order chi connectivity index (χ0) is 13.5. The van der Waals surface area contributed by atoms with E-state index in [1.54, 1.807) is 24.3 Å². The van der Waals surface area contributed by atoms with Gasteiger partial charge < -0.3 is 21.5 Å². The van der Waals surface area contributed by atoms with Gasteiger partial charge in [-0.25, -0.2) is 0 Å². The second-order valence-corrected chi connectivity index (χ2v) is 3.85. The molecule has 0 heterocycles. The summed E-state index contributed by atoms with van der Waals surface area (Å²) in [7, 11) is 1.47. The van der Waals surface area contributed by atoms with Crippen molar-refractivity contribution >= 4 is 17.5 Å². The van der Waals surface area contributed by atoms with Crippen molar-refractivity contribution in [1.82, 2.24) is 0 Å². The highest BCUT2D eigenvalue weighted by Crippen LogP contribution is 2.15. The van der Waals surface area contributed by atoms with E-state index in [1.165, 1.54) is 7.11 Å². The van der Waals surface area contributed by atoms with Crippen molar-refractivity contribution in [2.45, 2.75) is 12.5 Å². The maximum Gasteiger partial charge on any atom is 0.243 e. The van der Waals surface area contributed by atoms with Crippen LogP contribution in [0.4, 0.5) is 5.69 Å². The molecule has 98 valence electrons. The molecule has 1 rings (SSSR count).